The van der Waals surface area contributed by atoms with E-state index in [0.29, 0.717) is 0 Å². The van der Waals surface area contributed by atoms with Crippen LogP contribution < -0.4 is 5.32 Å². The summed E-state index contributed by atoms with van der Waals surface area (Å²) in [6, 6.07) is 2.30. The lowest BCUT2D eigenvalue weighted by atomic mass is 10.1. The summed E-state index contributed by atoms with van der Waals surface area (Å²) in [6.45, 7) is 8.12. The zero-order valence-electron chi connectivity index (χ0n) is 11.6. The zero-order valence-corrected chi connectivity index (χ0v) is 12.4. The molecule has 0 unspecified atom stereocenters. The van der Waals surface area contributed by atoms with Gasteiger partial charge in [-0.25, -0.2) is 0 Å². The molecular formula is C15H25NOS. The standard InChI is InChI=1S/C15H25NOS/c1-3-16-9-15-8-14(12(2)18-15)11-17-10-13-6-4-5-7-13/h8,13,16H,3-7,9-11H2,1-2H3. The molecule has 1 aliphatic rings. The molecule has 0 radical (unpaired) electrons. The minimum Gasteiger partial charge on any atom is -0.376 e. The second-order valence-corrected chi connectivity index (χ2v) is 6.58. The first-order valence-electron chi connectivity index (χ1n) is 7.16. The van der Waals surface area contributed by atoms with Crippen LogP contribution in [0.2, 0.25) is 0 Å². The third-order valence-electron chi connectivity index (χ3n) is 3.71. The van der Waals surface area contributed by atoms with Crippen molar-refractivity contribution in [3.63, 3.8) is 0 Å². The molecule has 2 rings (SSSR count). The third-order valence-corrected chi connectivity index (χ3v) is 4.80. The van der Waals surface area contributed by atoms with Crippen LogP contribution in [0.1, 0.15) is 47.9 Å². The Morgan fingerprint density at radius 1 is 1.39 bits per heavy atom. The van der Waals surface area contributed by atoms with Crippen LogP contribution >= 0.6 is 11.3 Å². The van der Waals surface area contributed by atoms with Crippen molar-refractivity contribution in [2.75, 3.05) is 13.2 Å². The summed E-state index contributed by atoms with van der Waals surface area (Å²) in [6.07, 6.45) is 5.54. The second kappa shape index (κ2) is 7.27. The molecule has 1 aliphatic carbocycles. The predicted molar refractivity (Wildman–Crippen MR) is 78.1 cm³/mol. The van der Waals surface area contributed by atoms with E-state index in [1.807, 2.05) is 11.3 Å². The van der Waals surface area contributed by atoms with E-state index in [1.165, 1.54) is 41.0 Å². The van der Waals surface area contributed by atoms with Gasteiger partial charge in [-0.15, -0.1) is 11.3 Å². The van der Waals surface area contributed by atoms with Gasteiger partial charge in [-0.2, -0.15) is 0 Å². The molecule has 1 fully saturated rings. The number of nitrogens with one attached hydrogen (secondary N) is 1. The zero-order chi connectivity index (χ0) is 12.8. The first-order chi connectivity index (χ1) is 8.79. The Balaban J connectivity index is 1.75. The SMILES string of the molecule is CCNCc1cc(COCC2CCCC2)c(C)s1. The molecule has 3 heteroatoms. The summed E-state index contributed by atoms with van der Waals surface area (Å²) >= 11 is 1.89. The van der Waals surface area contributed by atoms with Gasteiger partial charge in [-0.1, -0.05) is 19.8 Å². The molecule has 18 heavy (non-hydrogen) atoms. The van der Waals surface area contributed by atoms with Crippen LogP contribution in [0.5, 0.6) is 0 Å². The van der Waals surface area contributed by atoms with E-state index in [1.54, 1.807) is 0 Å². The molecule has 0 bridgehead atoms. The van der Waals surface area contributed by atoms with E-state index in [2.05, 4.69) is 25.2 Å². The molecule has 1 aromatic rings. The van der Waals surface area contributed by atoms with Gasteiger partial charge in [0.05, 0.1) is 6.61 Å². The number of rotatable bonds is 7. The van der Waals surface area contributed by atoms with Crippen LogP contribution in [0, 0.1) is 12.8 Å². The van der Waals surface area contributed by atoms with Crippen molar-refractivity contribution in [1.82, 2.24) is 5.32 Å². The Morgan fingerprint density at radius 3 is 2.89 bits per heavy atom. The van der Waals surface area contributed by atoms with E-state index >= 15 is 0 Å². The monoisotopic (exact) mass is 267 g/mol. The fraction of sp³-hybridized carbons (Fsp3) is 0.733. The highest BCUT2D eigenvalue weighted by Crippen LogP contribution is 2.26. The molecule has 0 aromatic carbocycles. The molecule has 1 saturated carbocycles. The molecule has 1 N–H and O–H groups in total. The quantitative estimate of drug-likeness (QED) is 0.809. The molecular weight excluding hydrogens is 242 g/mol. The second-order valence-electron chi connectivity index (χ2n) is 5.24. The highest BCUT2D eigenvalue weighted by atomic mass is 32.1. The van der Waals surface area contributed by atoms with Crippen LogP contribution in [0.3, 0.4) is 0 Å². The summed E-state index contributed by atoms with van der Waals surface area (Å²) in [5, 5.41) is 3.38. The number of aryl methyl sites for hydroxylation is 1. The molecule has 0 amide bonds. The molecule has 2 nitrogen and oxygen atoms in total. The first kappa shape index (κ1) is 14.0. The van der Waals surface area contributed by atoms with Crippen molar-refractivity contribution in [2.24, 2.45) is 5.92 Å². The Hall–Kier alpha value is -0.380. The van der Waals surface area contributed by atoms with E-state index < -0.39 is 0 Å². The topological polar surface area (TPSA) is 21.3 Å². The fourth-order valence-corrected chi connectivity index (χ4v) is 3.60. The Kier molecular flexibility index (Phi) is 5.67. The van der Waals surface area contributed by atoms with Gasteiger partial charge in [0.1, 0.15) is 0 Å². The minimum absolute atomic E-state index is 0.797. The molecule has 1 aromatic heterocycles. The van der Waals surface area contributed by atoms with Crippen LogP contribution in [0.25, 0.3) is 0 Å². The lowest BCUT2D eigenvalue weighted by Gasteiger charge is -2.09. The molecule has 0 spiro atoms. The van der Waals surface area contributed by atoms with E-state index in [-0.39, 0.29) is 0 Å². The van der Waals surface area contributed by atoms with E-state index in [9.17, 15) is 0 Å². The van der Waals surface area contributed by atoms with Crippen LogP contribution in [-0.2, 0) is 17.9 Å². The lowest BCUT2D eigenvalue weighted by Crippen LogP contribution is -2.10. The Morgan fingerprint density at radius 2 is 2.17 bits per heavy atom. The summed E-state index contributed by atoms with van der Waals surface area (Å²) in [7, 11) is 0. The summed E-state index contributed by atoms with van der Waals surface area (Å²) in [5.74, 6) is 0.824. The summed E-state index contributed by atoms with van der Waals surface area (Å²) < 4.78 is 5.89. The maximum Gasteiger partial charge on any atom is 0.0727 e. The number of hydrogen-bond acceptors (Lipinski definition) is 3. The van der Waals surface area contributed by atoms with Crippen molar-refractivity contribution in [1.29, 1.82) is 0 Å². The van der Waals surface area contributed by atoms with Crippen molar-refractivity contribution in [3.05, 3.63) is 21.4 Å². The molecule has 102 valence electrons. The van der Waals surface area contributed by atoms with Gasteiger partial charge in [-0.3, -0.25) is 0 Å². The fourth-order valence-electron chi connectivity index (χ4n) is 2.58. The Bertz CT molecular complexity index is 355. The highest BCUT2D eigenvalue weighted by molar-refractivity contribution is 7.12. The van der Waals surface area contributed by atoms with Crippen molar-refractivity contribution in [2.45, 2.75) is 52.7 Å². The highest BCUT2D eigenvalue weighted by Gasteiger charge is 2.15. The third kappa shape index (κ3) is 4.08. The molecule has 1 heterocycles. The lowest BCUT2D eigenvalue weighted by molar-refractivity contribution is 0.0888. The van der Waals surface area contributed by atoms with E-state index in [0.717, 1.165) is 32.2 Å². The van der Waals surface area contributed by atoms with Crippen LogP contribution in [0.15, 0.2) is 6.07 Å². The van der Waals surface area contributed by atoms with Crippen LogP contribution in [0.4, 0.5) is 0 Å². The van der Waals surface area contributed by atoms with Gasteiger partial charge in [0.25, 0.3) is 0 Å². The normalized spacial score (nSPS) is 16.6. The largest absolute Gasteiger partial charge is 0.376 e. The number of hydrogen-bond donors (Lipinski definition) is 1. The van der Waals surface area contributed by atoms with Crippen LogP contribution in [-0.4, -0.2) is 13.2 Å². The summed E-state index contributed by atoms with van der Waals surface area (Å²) in [4.78, 5) is 2.84. The van der Waals surface area contributed by atoms with Gasteiger partial charge < -0.3 is 10.1 Å². The maximum atomic E-state index is 5.89. The molecule has 0 aliphatic heterocycles. The molecule has 0 saturated heterocycles. The van der Waals surface area contributed by atoms with Gasteiger partial charge in [0, 0.05) is 22.9 Å². The Labute approximate surface area is 115 Å². The number of thiophene rings is 1. The average molecular weight is 267 g/mol. The van der Waals surface area contributed by atoms with Crippen molar-refractivity contribution >= 4 is 11.3 Å². The van der Waals surface area contributed by atoms with Gasteiger partial charge in [0.2, 0.25) is 0 Å². The van der Waals surface area contributed by atoms with E-state index in [4.69, 9.17) is 4.74 Å². The maximum absolute atomic E-state index is 5.89. The molecule has 0 atom stereocenters. The van der Waals surface area contributed by atoms with Crippen molar-refractivity contribution in [3.8, 4) is 0 Å². The van der Waals surface area contributed by atoms with Gasteiger partial charge in [-0.05, 0) is 43.9 Å². The number of ether oxygens (including phenoxy) is 1. The first-order valence-corrected chi connectivity index (χ1v) is 7.98. The summed E-state index contributed by atoms with van der Waals surface area (Å²) in [5.41, 5.74) is 1.38. The average Bonchev–Trinajstić information content (AvgIpc) is 2.98. The van der Waals surface area contributed by atoms with Gasteiger partial charge in [0.15, 0.2) is 0 Å². The van der Waals surface area contributed by atoms with Gasteiger partial charge >= 0.3 is 0 Å². The minimum atomic E-state index is 0.797. The smallest absolute Gasteiger partial charge is 0.0727 e. The van der Waals surface area contributed by atoms with Crippen molar-refractivity contribution < 1.29 is 4.74 Å². The predicted octanol–water partition coefficient (Wildman–Crippen LogP) is 3.87.